The van der Waals surface area contributed by atoms with Crippen LogP contribution in [0.4, 0.5) is 9.18 Å². The number of aryl methyl sites for hydroxylation is 1. The molecule has 7 nitrogen and oxygen atoms in total. The summed E-state index contributed by atoms with van der Waals surface area (Å²) in [4.78, 5) is 28.1. The molecule has 1 atom stereocenters. The Bertz CT molecular complexity index is 924. The molecule has 0 bridgehead atoms. The molecule has 2 aromatic rings. The van der Waals surface area contributed by atoms with Gasteiger partial charge in [0.15, 0.2) is 5.60 Å². The Morgan fingerprint density at radius 2 is 1.93 bits per heavy atom. The van der Waals surface area contributed by atoms with E-state index in [9.17, 15) is 14.0 Å². The molecule has 2 fully saturated rings. The fraction of sp³-hybridized carbons (Fsp3) is 0.421. The van der Waals surface area contributed by atoms with Crippen molar-refractivity contribution in [2.24, 2.45) is 0 Å². The minimum absolute atomic E-state index is 0.124. The van der Waals surface area contributed by atoms with Crippen LogP contribution < -0.4 is 0 Å². The monoisotopic (exact) mass is 372 g/mol. The molecule has 4 rings (SSSR count). The molecular formula is C19H21FN4O3. The van der Waals surface area contributed by atoms with Gasteiger partial charge in [-0.2, -0.15) is 5.10 Å². The molecule has 2 aliphatic heterocycles. The molecule has 2 aliphatic rings. The fourth-order valence-corrected chi connectivity index (χ4v) is 3.97. The molecule has 0 saturated carbocycles. The van der Waals surface area contributed by atoms with Crippen molar-refractivity contribution in [1.82, 2.24) is 19.6 Å². The van der Waals surface area contributed by atoms with E-state index in [0.717, 1.165) is 0 Å². The number of hydrogen-bond donors (Lipinski definition) is 0. The maximum absolute atomic E-state index is 13.2. The molecule has 1 aromatic carbocycles. The summed E-state index contributed by atoms with van der Waals surface area (Å²) in [5.41, 5.74) is 1.93. The van der Waals surface area contributed by atoms with Gasteiger partial charge in [-0.25, -0.2) is 13.9 Å². The smallest absolute Gasteiger partial charge is 0.410 e. The molecular weight excluding hydrogens is 351 g/mol. The first-order valence-electron chi connectivity index (χ1n) is 8.85. The third-order valence-corrected chi connectivity index (χ3v) is 5.32. The number of ether oxygens (including phenoxy) is 1. The van der Waals surface area contributed by atoms with Gasteiger partial charge in [-0.1, -0.05) is 0 Å². The van der Waals surface area contributed by atoms with E-state index in [0.29, 0.717) is 48.7 Å². The Morgan fingerprint density at radius 1 is 1.22 bits per heavy atom. The number of carbonyl (C=O) groups excluding carboxylic acids is 2. The number of hydrogen-bond acceptors (Lipinski definition) is 4. The first-order valence-corrected chi connectivity index (χ1v) is 8.85. The minimum Gasteiger partial charge on any atom is -0.439 e. The van der Waals surface area contributed by atoms with E-state index in [2.05, 4.69) is 5.10 Å². The lowest BCUT2D eigenvalue weighted by molar-refractivity contribution is 0.0552. The summed E-state index contributed by atoms with van der Waals surface area (Å²) in [6.07, 6.45) is 0.278. The largest absolute Gasteiger partial charge is 0.439 e. The van der Waals surface area contributed by atoms with Crippen molar-refractivity contribution < 1.29 is 18.7 Å². The van der Waals surface area contributed by atoms with Crippen LogP contribution in [0.3, 0.4) is 0 Å². The second kappa shape index (κ2) is 6.07. The van der Waals surface area contributed by atoms with E-state index < -0.39 is 5.60 Å². The lowest BCUT2D eigenvalue weighted by Gasteiger charge is -2.22. The standard InChI is InChI=1S/C19H21FN4O3/c1-12-16(13(2)24(21-12)15-6-4-14(20)5-7-15)17(25)23-9-8-19(11-23)10-22(3)18(26)27-19/h4-7H,8-11H2,1-3H3. The number of nitrogens with zero attached hydrogens (tertiary/aromatic N) is 4. The number of likely N-dealkylation sites (tertiary alicyclic amines) is 1. The van der Waals surface area contributed by atoms with Gasteiger partial charge in [-0.05, 0) is 38.1 Å². The van der Waals surface area contributed by atoms with Crippen molar-refractivity contribution in [2.75, 3.05) is 26.7 Å². The Balaban J connectivity index is 1.60. The molecule has 142 valence electrons. The summed E-state index contributed by atoms with van der Waals surface area (Å²) in [5.74, 6) is -0.448. The number of aromatic nitrogens is 2. The van der Waals surface area contributed by atoms with Crippen LogP contribution in [0.15, 0.2) is 24.3 Å². The highest BCUT2D eigenvalue weighted by molar-refractivity contribution is 5.97. The summed E-state index contributed by atoms with van der Waals surface area (Å²) in [7, 11) is 1.70. The second-order valence-corrected chi connectivity index (χ2v) is 7.32. The van der Waals surface area contributed by atoms with Crippen molar-refractivity contribution in [3.8, 4) is 5.69 Å². The number of amides is 2. The van der Waals surface area contributed by atoms with Crippen LogP contribution in [-0.2, 0) is 4.74 Å². The Hall–Kier alpha value is -2.90. The summed E-state index contributed by atoms with van der Waals surface area (Å²) in [5, 5.41) is 4.47. The molecule has 3 heterocycles. The molecule has 1 aromatic heterocycles. The number of carbonyl (C=O) groups is 2. The SMILES string of the molecule is Cc1nn(-c2ccc(F)cc2)c(C)c1C(=O)N1CCC2(CN(C)C(=O)O2)C1. The van der Waals surface area contributed by atoms with Gasteiger partial charge >= 0.3 is 6.09 Å². The third kappa shape index (κ3) is 2.85. The van der Waals surface area contributed by atoms with Crippen LogP contribution in [-0.4, -0.2) is 63.9 Å². The third-order valence-electron chi connectivity index (χ3n) is 5.32. The Kier molecular flexibility index (Phi) is 3.94. The van der Waals surface area contributed by atoms with E-state index in [1.807, 2.05) is 6.92 Å². The van der Waals surface area contributed by atoms with Crippen LogP contribution in [0.1, 0.15) is 28.2 Å². The minimum atomic E-state index is -0.615. The topological polar surface area (TPSA) is 67.7 Å². The quantitative estimate of drug-likeness (QED) is 0.811. The highest BCUT2D eigenvalue weighted by Gasteiger charge is 2.50. The van der Waals surface area contributed by atoms with E-state index >= 15 is 0 Å². The van der Waals surface area contributed by atoms with Gasteiger partial charge in [0.25, 0.3) is 5.91 Å². The first kappa shape index (κ1) is 17.5. The highest BCUT2D eigenvalue weighted by atomic mass is 19.1. The van der Waals surface area contributed by atoms with Gasteiger partial charge < -0.3 is 14.5 Å². The predicted octanol–water partition coefficient (Wildman–Crippen LogP) is 2.29. The average Bonchev–Trinajstić information content (AvgIpc) is 3.25. The van der Waals surface area contributed by atoms with Gasteiger partial charge in [0.1, 0.15) is 5.82 Å². The fourth-order valence-electron chi connectivity index (χ4n) is 3.97. The maximum atomic E-state index is 13.2. The van der Waals surface area contributed by atoms with Crippen molar-refractivity contribution >= 4 is 12.0 Å². The van der Waals surface area contributed by atoms with Gasteiger partial charge in [0.2, 0.25) is 0 Å². The zero-order valence-electron chi connectivity index (χ0n) is 15.5. The molecule has 2 saturated heterocycles. The van der Waals surface area contributed by atoms with Gasteiger partial charge in [0, 0.05) is 20.0 Å². The molecule has 2 amide bonds. The van der Waals surface area contributed by atoms with Crippen molar-refractivity contribution in [1.29, 1.82) is 0 Å². The van der Waals surface area contributed by atoms with Gasteiger partial charge in [-0.3, -0.25) is 4.79 Å². The Labute approximate surface area is 156 Å². The molecule has 0 radical (unpaired) electrons. The summed E-state index contributed by atoms with van der Waals surface area (Å²) >= 11 is 0. The highest BCUT2D eigenvalue weighted by Crippen LogP contribution is 2.33. The Morgan fingerprint density at radius 3 is 2.56 bits per heavy atom. The van der Waals surface area contributed by atoms with E-state index in [4.69, 9.17) is 4.74 Å². The first-order chi connectivity index (χ1) is 12.8. The zero-order chi connectivity index (χ0) is 19.3. The van der Waals surface area contributed by atoms with Crippen molar-refractivity contribution in [3.05, 3.63) is 47.0 Å². The summed E-state index contributed by atoms with van der Waals surface area (Å²) < 4.78 is 20.4. The second-order valence-electron chi connectivity index (χ2n) is 7.32. The van der Waals surface area contributed by atoms with Gasteiger partial charge in [0.05, 0.1) is 35.7 Å². The molecule has 1 spiro atoms. The normalized spacial score (nSPS) is 22.0. The van der Waals surface area contributed by atoms with E-state index in [-0.39, 0.29) is 17.8 Å². The summed E-state index contributed by atoms with van der Waals surface area (Å²) in [6, 6.07) is 5.98. The van der Waals surface area contributed by atoms with Gasteiger partial charge in [-0.15, -0.1) is 0 Å². The van der Waals surface area contributed by atoms with Crippen LogP contribution in [0.5, 0.6) is 0 Å². The van der Waals surface area contributed by atoms with E-state index in [1.165, 1.54) is 17.0 Å². The molecule has 8 heteroatoms. The zero-order valence-corrected chi connectivity index (χ0v) is 15.5. The maximum Gasteiger partial charge on any atom is 0.410 e. The van der Waals surface area contributed by atoms with Crippen LogP contribution in [0.2, 0.25) is 0 Å². The molecule has 1 unspecified atom stereocenters. The number of halogens is 1. The van der Waals surface area contributed by atoms with Crippen LogP contribution in [0, 0.1) is 19.7 Å². The van der Waals surface area contributed by atoms with Crippen molar-refractivity contribution in [2.45, 2.75) is 25.9 Å². The van der Waals surface area contributed by atoms with Crippen LogP contribution >= 0.6 is 0 Å². The molecule has 0 N–H and O–H groups in total. The summed E-state index contributed by atoms with van der Waals surface area (Å²) in [6.45, 7) is 5.01. The van der Waals surface area contributed by atoms with E-state index in [1.54, 1.807) is 35.7 Å². The number of likely N-dealkylation sites (N-methyl/N-ethyl adjacent to an activating group) is 1. The molecule has 0 aliphatic carbocycles. The lowest BCUT2D eigenvalue weighted by Crippen LogP contribution is -2.39. The number of benzene rings is 1. The lowest BCUT2D eigenvalue weighted by atomic mass is 10.0. The van der Waals surface area contributed by atoms with Crippen molar-refractivity contribution in [3.63, 3.8) is 0 Å². The average molecular weight is 372 g/mol. The number of rotatable bonds is 2. The predicted molar refractivity (Wildman–Crippen MR) is 95.4 cm³/mol. The molecule has 27 heavy (non-hydrogen) atoms. The van der Waals surface area contributed by atoms with Crippen LogP contribution in [0.25, 0.3) is 5.69 Å².